The summed E-state index contributed by atoms with van der Waals surface area (Å²) < 4.78 is 45.2. The van der Waals surface area contributed by atoms with Crippen molar-refractivity contribution in [3.8, 4) is 11.5 Å². The van der Waals surface area contributed by atoms with Crippen molar-refractivity contribution < 1.29 is 32.3 Å². The van der Waals surface area contributed by atoms with Gasteiger partial charge in [0.1, 0.15) is 0 Å². The summed E-state index contributed by atoms with van der Waals surface area (Å²) in [6.45, 7) is -2.05. The minimum Gasteiger partial charge on any atom is -0.493 e. The molecular formula is C11H12F3NO4. The molecule has 0 saturated carbocycles. The number of ether oxygens (including phenoxy) is 2. The number of alkyl halides is 3. The highest BCUT2D eigenvalue weighted by Crippen LogP contribution is 2.25. The van der Waals surface area contributed by atoms with Crippen molar-refractivity contribution in [2.45, 2.75) is 6.18 Å². The Morgan fingerprint density at radius 1 is 1.26 bits per heavy atom. The van der Waals surface area contributed by atoms with Crippen molar-refractivity contribution in [1.29, 1.82) is 0 Å². The maximum Gasteiger partial charge on any atom is 0.414 e. The lowest BCUT2D eigenvalue weighted by molar-refractivity contribution is -0.192. The molecule has 1 N–H and O–H groups in total. The normalized spacial score (nSPS) is 10.9. The van der Waals surface area contributed by atoms with Crippen LogP contribution >= 0.6 is 0 Å². The number of hydrogen-bond donors (Lipinski definition) is 1. The molecule has 0 spiro atoms. The minimum atomic E-state index is -4.50. The van der Waals surface area contributed by atoms with E-state index in [4.69, 9.17) is 9.47 Å². The van der Waals surface area contributed by atoms with Crippen molar-refractivity contribution in [1.82, 2.24) is 5.48 Å². The lowest BCUT2D eigenvalue weighted by Crippen LogP contribution is -2.32. The molecule has 0 heterocycles. The zero-order valence-electron chi connectivity index (χ0n) is 9.99. The molecule has 0 unspecified atom stereocenters. The molecule has 0 aliphatic carbocycles. The Balaban J connectivity index is 2.34. The number of carbonyl (C=O) groups excluding carboxylic acids is 1. The monoisotopic (exact) mass is 279 g/mol. The van der Waals surface area contributed by atoms with Gasteiger partial charge in [-0.1, -0.05) is 12.1 Å². The molecule has 1 rings (SSSR count). The number of hydroxylamine groups is 1. The Bertz CT molecular complexity index is 423. The number of benzene rings is 1. The number of carbonyl (C=O) groups is 1. The first-order chi connectivity index (χ1) is 8.92. The first-order valence-corrected chi connectivity index (χ1v) is 5.15. The fraction of sp³-hybridized carbons (Fsp3) is 0.364. The van der Waals surface area contributed by atoms with Gasteiger partial charge in [0.15, 0.2) is 24.7 Å². The zero-order chi connectivity index (χ0) is 14.3. The van der Waals surface area contributed by atoms with Gasteiger partial charge in [0.05, 0.1) is 7.11 Å². The number of halogens is 3. The first-order valence-electron chi connectivity index (χ1n) is 5.15. The minimum absolute atomic E-state index is 0.302. The zero-order valence-corrected chi connectivity index (χ0v) is 9.99. The molecule has 1 amide bonds. The summed E-state index contributed by atoms with van der Waals surface area (Å²) in [7, 11) is 1.43. The van der Waals surface area contributed by atoms with Gasteiger partial charge in [-0.2, -0.15) is 13.2 Å². The summed E-state index contributed by atoms with van der Waals surface area (Å²) in [5, 5.41) is 0. The van der Waals surface area contributed by atoms with Gasteiger partial charge in [-0.3, -0.25) is 9.63 Å². The van der Waals surface area contributed by atoms with Crippen LogP contribution < -0.4 is 15.0 Å². The van der Waals surface area contributed by atoms with Crippen LogP contribution in [0, 0.1) is 0 Å². The van der Waals surface area contributed by atoms with E-state index in [9.17, 15) is 18.0 Å². The highest BCUT2D eigenvalue weighted by Gasteiger charge is 2.28. The van der Waals surface area contributed by atoms with E-state index in [0.29, 0.717) is 11.5 Å². The van der Waals surface area contributed by atoms with Gasteiger partial charge in [-0.05, 0) is 12.1 Å². The first kappa shape index (κ1) is 15.1. The number of rotatable bonds is 6. The molecule has 0 aliphatic rings. The third-order valence-electron chi connectivity index (χ3n) is 1.85. The van der Waals surface area contributed by atoms with E-state index >= 15 is 0 Å². The van der Waals surface area contributed by atoms with Crippen LogP contribution in [0.1, 0.15) is 0 Å². The molecule has 0 aromatic heterocycles. The second-order valence-electron chi connectivity index (χ2n) is 3.37. The van der Waals surface area contributed by atoms with Gasteiger partial charge in [0.2, 0.25) is 0 Å². The fourth-order valence-electron chi connectivity index (χ4n) is 1.11. The Labute approximate surface area is 107 Å². The number of hydrogen-bond acceptors (Lipinski definition) is 4. The molecule has 5 nitrogen and oxygen atoms in total. The second kappa shape index (κ2) is 6.83. The van der Waals surface area contributed by atoms with Gasteiger partial charge < -0.3 is 9.47 Å². The van der Waals surface area contributed by atoms with E-state index in [1.165, 1.54) is 7.11 Å². The maximum atomic E-state index is 11.7. The Hall–Kier alpha value is -1.96. The van der Waals surface area contributed by atoms with Gasteiger partial charge in [0, 0.05) is 0 Å². The van der Waals surface area contributed by atoms with Crippen LogP contribution in [0.5, 0.6) is 11.5 Å². The van der Waals surface area contributed by atoms with Crippen LogP contribution in [0.2, 0.25) is 0 Å². The highest BCUT2D eigenvalue weighted by molar-refractivity contribution is 5.76. The molecule has 0 fully saturated rings. The molecule has 19 heavy (non-hydrogen) atoms. The Kier molecular flexibility index (Phi) is 5.43. The maximum absolute atomic E-state index is 11.7. The van der Waals surface area contributed by atoms with E-state index in [0.717, 1.165) is 0 Å². The smallest absolute Gasteiger partial charge is 0.414 e. The predicted octanol–water partition coefficient (Wildman–Crippen LogP) is 1.68. The van der Waals surface area contributed by atoms with Crippen LogP contribution in [0.4, 0.5) is 13.2 Å². The number of para-hydroxylation sites is 2. The Morgan fingerprint density at radius 2 is 1.89 bits per heavy atom. The van der Waals surface area contributed by atoms with E-state index in [-0.39, 0.29) is 0 Å². The SMILES string of the molecule is COc1ccccc1OCC(=O)NOCC(F)(F)F. The molecule has 8 heteroatoms. The van der Waals surface area contributed by atoms with Gasteiger partial charge in [-0.15, -0.1) is 0 Å². The molecule has 0 radical (unpaired) electrons. The van der Waals surface area contributed by atoms with Crippen molar-refractivity contribution in [2.75, 3.05) is 20.3 Å². The summed E-state index contributed by atoms with van der Waals surface area (Å²) in [5.74, 6) is -0.127. The van der Waals surface area contributed by atoms with Crippen molar-refractivity contribution in [3.05, 3.63) is 24.3 Å². The molecular weight excluding hydrogens is 267 g/mol. The van der Waals surface area contributed by atoms with E-state index in [1.807, 2.05) is 0 Å². The highest BCUT2D eigenvalue weighted by atomic mass is 19.4. The summed E-state index contributed by atoms with van der Waals surface area (Å²) in [5.41, 5.74) is 1.62. The number of nitrogens with one attached hydrogen (secondary N) is 1. The summed E-state index contributed by atoms with van der Waals surface area (Å²) >= 11 is 0. The standard InChI is InChI=1S/C11H12F3NO4/c1-17-8-4-2-3-5-9(8)18-6-10(16)15-19-7-11(12,13)14/h2-5H,6-7H2,1H3,(H,15,16). The molecule has 0 aliphatic heterocycles. The second-order valence-corrected chi connectivity index (χ2v) is 3.37. The molecule has 106 valence electrons. The average molecular weight is 279 g/mol. The van der Waals surface area contributed by atoms with E-state index in [1.54, 1.807) is 29.7 Å². The van der Waals surface area contributed by atoms with Crippen LogP contribution in [-0.4, -0.2) is 32.4 Å². The van der Waals surface area contributed by atoms with Crippen LogP contribution in [0.3, 0.4) is 0 Å². The largest absolute Gasteiger partial charge is 0.493 e. The molecule has 0 bridgehead atoms. The van der Waals surface area contributed by atoms with Crippen molar-refractivity contribution in [3.63, 3.8) is 0 Å². The molecule has 0 saturated heterocycles. The predicted molar refractivity (Wildman–Crippen MR) is 58.6 cm³/mol. The van der Waals surface area contributed by atoms with Crippen molar-refractivity contribution in [2.24, 2.45) is 0 Å². The van der Waals surface area contributed by atoms with Crippen molar-refractivity contribution >= 4 is 5.91 Å². The molecule has 1 aromatic rings. The van der Waals surface area contributed by atoms with E-state index in [2.05, 4.69) is 4.84 Å². The summed E-state index contributed by atoms with van der Waals surface area (Å²) in [4.78, 5) is 15.1. The Morgan fingerprint density at radius 3 is 2.47 bits per heavy atom. The van der Waals surface area contributed by atoms with Gasteiger partial charge in [-0.25, -0.2) is 5.48 Å². The third-order valence-corrected chi connectivity index (χ3v) is 1.85. The molecule has 0 atom stereocenters. The summed E-state index contributed by atoms with van der Waals surface area (Å²) in [6.07, 6.45) is -4.50. The van der Waals surface area contributed by atoms with Crippen LogP contribution in [-0.2, 0) is 9.63 Å². The lowest BCUT2D eigenvalue weighted by atomic mass is 10.3. The summed E-state index contributed by atoms with van der Waals surface area (Å²) in [6, 6.07) is 6.55. The number of methoxy groups -OCH3 is 1. The van der Waals surface area contributed by atoms with Gasteiger partial charge >= 0.3 is 6.18 Å². The average Bonchev–Trinajstić information content (AvgIpc) is 2.35. The molecule has 1 aromatic carbocycles. The fourth-order valence-corrected chi connectivity index (χ4v) is 1.11. The quantitative estimate of drug-likeness (QED) is 0.805. The van der Waals surface area contributed by atoms with Crippen LogP contribution in [0.25, 0.3) is 0 Å². The lowest BCUT2D eigenvalue weighted by Gasteiger charge is -2.11. The van der Waals surface area contributed by atoms with Crippen LogP contribution in [0.15, 0.2) is 24.3 Å². The number of amides is 1. The third kappa shape index (κ3) is 5.96. The van der Waals surface area contributed by atoms with E-state index < -0.39 is 25.3 Å². The van der Waals surface area contributed by atoms with Gasteiger partial charge in [0.25, 0.3) is 5.91 Å². The topological polar surface area (TPSA) is 56.8 Å².